The van der Waals surface area contributed by atoms with E-state index in [-0.39, 0.29) is 12.0 Å². The van der Waals surface area contributed by atoms with Crippen molar-refractivity contribution >= 4 is 5.95 Å². The second kappa shape index (κ2) is 4.84. The van der Waals surface area contributed by atoms with Crippen LogP contribution in [0.15, 0.2) is 24.3 Å². The zero-order valence-electron chi connectivity index (χ0n) is 10.8. The first-order valence-electron chi connectivity index (χ1n) is 6.43. The van der Waals surface area contributed by atoms with Gasteiger partial charge in [-0.25, -0.2) is 0 Å². The van der Waals surface area contributed by atoms with Crippen LogP contribution in [0.4, 0.5) is 5.95 Å². The molecular weight excluding hydrogens is 240 g/mol. The summed E-state index contributed by atoms with van der Waals surface area (Å²) in [5, 5.41) is 0. The van der Waals surface area contributed by atoms with Gasteiger partial charge < -0.3 is 10.5 Å². The number of aromatic nitrogens is 3. The molecule has 1 aliphatic rings. The van der Waals surface area contributed by atoms with Gasteiger partial charge in [0.25, 0.3) is 0 Å². The van der Waals surface area contributed by atoms with Crippen LogP contribution in [0.5, 0.6) is 6.01 Å². The molecule has 0 amide bonds. The number of anilines is 1. The van der Waals surface area contributed by atoms with Gasteiger partial charge in [0, 0.05) is 5.56 Å². The molecule has 0 bridgehead atoms. The fourth-order valence-corrected chi connectivity index (χ4v) is 2.36. The molecule has 0 saturated heterocycles. The van der Waals surface area contributed by atoms with Gasteiger partial charge in [0.2, 0.25) is 5.95 Å². The summed E-state index contributed by atoms with van der Waals surface area (Å²) in [5.41, 5.74) is 8.02. The molecule has 0 radical (unpaired) electrons. The van der Waals surface area contributed by atoms with E-state index in [9.17, 15) is 0 Å². The average molecular weight is 256 g/mol. The largest absolute Gasteiger partial charge is 0.467 e. The Morgan fingerprint density at radius 3 is 2.63 bits per heavy atom. The highest BCUT2D eigenvalue weighted by atomic mass is 16.5. The number of nitrogens with zero attached hydrogens (tertiary/aromatic N) is 3. The third-order valence-corrected chi connectivity index (χ3v) is 3.56. The smallest absolute Gasteiger partial charge is 0.321 e. The maximum Gasteiger partial charge on any atom is 0.321 e. The van der Waals surface area contributed by atoms with E-state index < -0.39 is 0 Å². The number of nitrogens with two attached hydrogens (primary N) is 1. The Balaban J connectivity index is 2.08. The van der Waals surface area contributed by atoms with Crippen LogP contribution < -0.4 is 10.5 Å². The molecule has 1 aliphatic carbocycles. The Labute approximate surface area is 111 Å². The summed E-state index contributed by atoms with van der Waals surface area (Å²) < 4.78 is 5.06. The Kier molecular flexibility index (Phi) is 3.03. The molecule has 0 unspecified atom stereocenters. The number of rotatable bonds is 3. The summed E-state index contributed by atoms with van der Waals surface area (Å²) in [7, 11) is 1.52. The highest BCUT2D eigenvalue weighted by molar-refractivity contribution is 5.62. The molecule has 0 atom stereocenters. The lowest BCUT2D eigenvalue weighted by Gasteiger charge is -2.27. The van der Waals surface area contributed by atoms with Crippen LogP contribution in [-0.4, -0.2) is 22.1 Å². The van der Waals surface area contributed by atoms with Crippen LogP contribution in [0.25, 0.3) is 11.4 Å². The lowest BCUT2D eigenvalue weighted by molar-refractivity contribution is 0.379. The van der Waals surface area contributed by atoms with Crippen LogP contribution >= 0.6 is 0 Å². The highest BCUT2D eigenvalue weighted by Gasteiger charge is 2.23. The minimum Gasteiger partial charge on any atom is -0.467 e. The Morgan fingerprint density at radius 2 is 1.95 bits per heavy atom. The van der Waals surface area contributed by atoms with Gasteiger partial charge >= 0.3 is 6.01 Å². The molecule has 1 saturated carbocycles. The van der Waals surface area contributed by atoms with Gasteiger partial charge in [0.15, 0.2) is 5.82 Å². The molecule has 1 fully saturated rings. The van der Waals surface area contributed by atoms with Gasteiger partial charge in [-0.2, -0.15) is 15.0 Å². The van der Waals surface area contributed by atoms with E-state index in [4.69, 9.17) is 10.5 Å². The molecule has 98 valence electrons. The summed E-state index contributed by atoms with van der Waals surface area (Å²) in [6, 6.07) is 8.47. The lowest BCUT2D eigenvalue weighted by atomic mass is 9.78. The van der Waals surface area contributed by atoms with E-state index in [0.717, 1.165) is 5.56 Å². The topological polar surface area (TPSA) is 73.9 Å². The van der Waals surface area contributed by atoms with E-state index in [1.807, 2.05) is 12.1 Å². The average Bonchev–Trinajstić information content (AvgIpc) is 2.36. The van der Waals surface area contributed by atoms with Crippen LogP contribution in [-0.2, 0) is 0 Å². The van der Waals surface area contributed by atoms with E-state index in [1.165, 1.54) is 31.9 Å². The third kappa shape index (κ3) is 2.23. The van der Waals surface area contributed by atoms with Gasteiger partial charge in [-0.05, 0) is 24.3 Å². The number of ether oxygens (including phenoxy) is 1. The standard InChI is InChI=1S/C14H16N4O/c1-19-14-17-12(16-13(15)18-14)11-8-3-2-7-10(11)9-5-4-6-9/h2-3,7-9H,4-6H2,1H3,(H2,15,16,17,18). The number of benzene rings is 1. The monoisotopic (exact) mass is 256 g/mol. The molecule has 5 nitrogen and oxygen atoms in total. The zero-order chi connectivity index (χ0) is 13.2. The fraction of sp³-hybridized carbons (Fsp3) is 0.357. The molecule has 0 aliphatic heterocycles. The van der Waals surface area contributed by atoms with E-state index in [2.05, 4.69) is 27.1 Å². The Bertz CT molecular complexity index is 596. The van der Waals surface area contributed by atoms with Crippen molar-refractivity contribution in [2.75, 3.05) is 12.8 Å². The van der Waals surface area contributed by atoms with Crippen molar-refractivity contribution in [1.82, 2.24) is 15.0 Å². The summed E-state index contributed by atoms with van der Waals surface area (Å²) in [4.78, 5) is 12.4. The van der Waals surface area contributed by atoms with Crippen molar-refractivity contribution in [1.29, 1.82) is 0 Å². The van der Waals surface area contributed by atoms with Crippen molar-refractivity contribution in [3.8, 4) is 17.4 Å². The van der Waals surface area contributed by atoms with E-state index in [1.54, 1.807) is 0 Å². The molecule has 2 aromatic rings. The van der Waals surface area contributed by atoms with Crippen LogP contribution in [0.1, 0.15) is 30.7 Å². The fourth-order valence-electron chi connectivity index (χ4n) is 2.36. The second-order valence-electron chi connectivity index (χ2n) is 4.72. The first-order chi connectivity index (χ1) is 9.28. The van der Waals surface area contributed by atoms with Crippen molar-refractivity contribution in [3.63, 3.8) is 0 Å². The highest BCUT2D eigenvalue weighted by Crippen LogP contribution is 2.40. The van der Waals surface area contributed by atoms with E-state index >= 15 is 0 Å². The molecule has 1 heterocycles. The minimum atomic E-state index is 0.185. The number of methoxy groups -OCH3 is 1. The molecule has 1 aromatic heterocycles. The summed E-state index contributed by atoms with van der Waals surface area (Å²) in [5.74, 6) is 1.39. The lowest BCUT2D eigenvalue weighted by Crippen LogP contribution is -2.11. The number of hydrogen-bond donors (Lipinski definition) is 1. The van der Waals surface area contributed by atoms with Gasteiger partial charge in [0.05, 0.1) is 7.11 Å². The molecule has 19 heavy (non-hydrogen) atoms. The second-order valence-corrected chi connectivity index (χ2v) is 4.72. The predicted octanol–water partition coefficient (Wildman–Crippen LogP) is 2.40. The van der Waals surface area contributed by atoms with E-state index in [0.29, 0.717) is 11.7 Å². The normalized spacial score (nSPS) is 15.0. The maximum atomic E-state index is 5.70. The minimum absolute atomic E-state index is 0.185. The SMILES string of the molecule is COc1nc(N)nc(-c2ccccc2C2CCC2)n1. The van der Waals surface area contributed by atoms with Crippen LogP contribution in [0.2, 0.25) is 0 Å². The zero-order valence-corrected chi connectivity index (χ0v) is 10.8. The van der Waals surface area contributed by atoms with Crippen LogP contribution in [0, 0.1) is 0 Å². The molecule has 3 rings (SSSR count). The first kappa shape index (κ1) is 11.9. The van der Waals surface area contributed by atoms with Gasteiger partial charge in [-0.1, -0.05) is 30.7 Å². The van der Waals surface area contributed by atoms with Gasteiger partial charge in [0.1, 0.15) is 0 Å². The maximum absolute atomic E-state index is 5.70. The summed E-state index contributed by atoms with van der Waals surface area (Å²) in [6.07, 6.45) is 3.76. The Hall–Kier alpha value is -2.17. The summed E-state index contributed by atoms with van der Waals surface area (Å²) >= 11 is 0. The van der Waals surface area contributed by atoms with Gasteiger partial charge in [-0.15, -0.1) is 0 Å². The van der Waals surface area contributed by atoms with Crippen LogP contribution in [0.3, 0.4) is 0 Å². The molecule has 1 aromatic carbocycles. The first-order valence-corrected chi connectivity index (χ1v) is 6.43. The van der Waals surface area contributed by atoms with Crippen molar-refractivity contribution in [2.24, 2.45) is 0 Å². The summed E-state index contributed by atoms with van der Waals surface area (Å²) in [6.45, 7) is 0. The van der Waals surface area contributed by atoms with Gasteiger partial charge in [-0.3, -0.25) is 0 Å². The Morgan fingerprint density at radius 1 is 1.16 bits per heavy atom. The predicted molar refractivity (Wildman–Crippen MR) is 72.8 cm³/mol. The van der Waals surface area contributed by atoms with Crippen molar-refractivity contribution in [3.05, 3.63) is 29.8 Å². The van der Waals surface area contributed by atoms with Crippen molar-refractivity contribution < 1.29 is 4.74 Å². The molecule has 2 N–H and O–H groups in total. The molecular formula is C14H16N4O. The third-order valence-electron chi connectivity index (χ3n) is 3.56. The number of hydrogen-bond acceptors (Lipinski definition) is 5. The quantitative estimate of drug-likeness (QED) is 0.912. The molecule has 0 spiro atoms. The number of nitrogen functional groups attached to an aromatic ring is 1. The van der Waals surface area contributed by atoms with Crippen molar-refractivity contribution in [2.45, 2.75) is 25.2 Å². The molecule has 5 heteroatoms.